The van der Waals surface area contributed by atoms with Crippen LogP contribution in [0.2, 0.25) is 0 Å². The molecule has 0 aliphatic rings. The number of carbonyl (C=O) groups is 2. The Morgan fingerprint density at radius 2 is 1.64 bits per heavy atom. The molecule has 5 nitrogen and oxygen atoms in total. The molecule has 2 amide bonds. The molecule has 28 heavy (non-hydrogen) atoms. The van der Waals surface area contributed by atoms with Crippen LogP contribution in [0.15, 0.2) is 73.1 Å². The smallest absolute Gasteiger partial charge is 0.255 e. The van der Waals surface area contributed by atoms with Crippen LogP contribution >= 0.6 is 0 Å². The van der Waals surface area contributed by atoms with Gasteiger partial charge in [0.2, 0.25) is 0 Å². The minimum atomic E-state index is -0.254. The summed E-state index contributed by atoms with van der Waals surface area (Å²) in [6, 6.07) is 19.2. The first-order valence-electron chi connectivity index (χ1n) is 9.12. The van der Waals surface area contributed by atoms with Crippen molar-refractivity contribution in [1.29, 1.82) is 0 Å². The van der Waals surface area contributed by atoms with Crippen molar-refractivity contribution in [1.82, 2.24) is 15.2 Å². The molecule has 0 atom stereocenters. The summed E-state index contributed by atoms with van der Waals surface area (Å²) >= 11 is 0. The van der Waals surface area contributed by atoms with Gasteiger partial charge in [0.25, 0.3) is 11.8 Å². The lowest BCUT2D eigenvalue weighted by atomic mass is 10.1. The lowest BCUT2D eigenvalue weighted by Crippen LogP contribution is -2.27. The van der Waals surface area contributed by atoms with Crippen molar-refractivity contribution < 1.29 is 9.59 Å². The van der Waals surface area contributed by atoms with Crippen molar-refractivity contribution >= 4 is 11.8 Å². The van der Waals surface area contributed by atoms with E-state index in [1.165, 1.54) is 12.4 Å². The lowest BCUT2D eigenvalue weighted by Gasteiger charge is -2.17. The second-order valence-electron chi connectivity index (χ2n) is 6.72. The van der Waals surface area contributed by atoms with E-state index in [4.69, 9.17) is 0 Å². The summed E-state index contributed by atoms with van der Waals surface area (Å²) in [5.74, 6) is -0.430. The molecule has 1 heterocycles. The predicted octanol–water partition coefficient (Wildman–Crippen LogP) is 3.59. The van der Waals surface area contributed by atoms with Gasteiger partial charge in [0.1, 0.15) is 0 Å². The molecule has 0 aliphatic carbocycles. The molecule has 5 heteroatoms. The molecule has 3 aromatic rings. The highest BCUT2D eigenvalue weighted by molar-refractivity contribution is 5.99. The Kier molecular flexibility index (Phi) is 6.17. The fourth-order valence-corrected chi connectivity index (χ4v) is 2.92. The van der Waals surface area contributed by atoms with E-state index in [-0.39, 0.29) is 11.8 Å². The number of nitrogens with one attached hydrogen (secondary N) is 1. The lowest BCUT2D eigenvalue weighted by molar-refractivity contribution is 0.0784. The van der Waals surface area contributed by atoms with Gasteiger partial charge >= 0.3 is 0 Å². The number of aromatic nitrogens is 1. The second kappa shape index (κ2) is 8.95. The first kappa shape index (κ1) is 19.3. The average Bonchev–Trinajstić information content (AvgIpc) is 2.73. The van der Waals surface area contributed by atoms with E-state index in [1.807, 2.05) is 61.5 Å². The molecule has 0 bridgehead atoms. The SMILES string of the molecule is Cc1ccccc1CNC(=O)c1cncc(C(=O)N(C)Cc2ccccc2)c1. The van der Waals surface area contributed by atoms with Crippen LogP contribution in [0.1, 0.15) is 37.4 Å². The quantitative estimate of drug-likeness (QED) is 0.718. The summed E-state index contributed by atoms with van der Waals surface area (Å²) in [6.07, 6.45) is 2.96. The minimum absolute atomic E-state index is 0.176. The molecule has 0 fully saturated rings. The molecule has 0 saturated carbocycles. The molecular weight excluding hydrogens is 350 g/mol. The summed E-state index contributed by atoms with van der Waals surface area (Å²) < 4.78 is 0. The van der Waals surface area contributed by atoms with E-state index in [0.717, 1.165) is 16.7 Å². The van der Waals surface area contributed by atoms with Crippen LogP contribution < -0.4 is 5.32 Å². The standard InChI is InChI=1S/C23H23N3O2/c1-17-8-6-7-11-19(17)15-25-22(27)20-12-21(14-24-13-20)23(28)26(2)16-18-9-4-3-5-10-18/h3-14H,15-16H2,1-2H3,(H,25,27). The number of hydrogen-bond donors (Lipinski definition) is 1. The molecule has 142 valence electrons. The number of nitrogens with zero attached hydrogens (tertiary/aromatic N) is 2. The fourth-order valence-electron chi connectivity index (χ4n) is 2.92. The van der Waals surface area contributed by atoms with E-state index in [1.54, 1.807) is 18.0 Å². The Balaban J connectivity index is 1.66. The first-order chi connectivity index (χ1) is 13.5. The Morgan fingerprint density at radius 1 is 0.964 bits per heavy atom. The van der Waals surface area contributed by atoms with Crippen LogP contribution in [-0.4, -0.2) is 28.7 Å². The van der Waals surface area contributed by atoms with E-state index in [0.29, 0.717) is 24.2 Å². The minimum Gasteiger partial charge on any atom is -0.348 e. The highest BCUT2D eigenvalue weighted by atomic mass is 16.2. The third kappa shape index (κ3) is 4.82. The summed E-state index contributed by atoms with van der Waals surface area (Å²) in [7, 11) is 1.74. The van der Waals surface area contributed by atoms with Gasteiger partial charge < -0.3 is 10.2 Å². The van der Waals surface area contributed by atoms with Gasteiger partial charge in [-0.2, -0.15) is 0 Å². The van der Waals surface area contributed by atoms with Crippen LogP contribution in [0.25, 0.3) is 0 Å². The van der Waals surface area contributed by atoms with Gasteiger partial charge in [0, 0.05) is 32.5 Å². The van der Waals surface area contributed by atoms with E-state index < -0.39 is 0 Å². The van der Waals surface area contributed by atoms with Gasteiger partial charge in [-0.05, 0) is 29.7 Å². The first-order valence-corrected chi connectivity index (χ1v) is 9.12. The molecular formula is C23H23N3O2. The predicted molar refractivity (Wildman–Crippen MR) is 109 cm³/mol. The maximum Gasteiger partial charge on any atom is 0.255 e. The zero-order valence-corrected chi connectivity index (χ0v) is 16.1. The van der Waals surface area contributed by atoms with Crippen molar-refractivity contribution in [3.63, 3.8) is 0 Å². The molecule has 0 radical (unpaired) electrons. The highest BCUT2D eigenvalue weighted by Crippen LogP contribution is 2.11. The molecule has 1 aromatic heterocycles. The largest absolute Gasteiger partial charge is 0.348 e. The van der Waals surface area contributed by atoms with Crippen LogP contribution in [0.3, 0.4) is 0 Å². The van der Waals surface area contributed by atoms with Gasteiger partial charge in [-0.15, -0.1) is 0 Å². The topological polar surface area (TPSA) is 62.3 Å². The van der Waals surface area contributed by atoms with Gasteiger partial charge in [0.05, 0.1) is 11.1 Å². The monoisotopic (exact) mass is 373 g/mol. The number of hydrogen-bond acceptors (Lipinski definition) is 3. The molecule has 2 aromatic carbocycles. The van der Waals surface area contributed by atoms with Crippen molar-refractivity contribution in [3.05, 3.63) is 101 Å². The molecule has 0 saturated heterocycles. The molecule has 1 N–H and O–H groups in total. The summed E-state index contributed by atoms with van der Waals surface area (Å²) in [4.78, 5) is 30.9. The number of carbonyl (C=O) groups excluding carboxylic acids is 2. The van der Waals surface area contributed by atoms with Gasteiger partial charge in [-0.25, -0.2) is 0 Å². The van der Waals surface area contributed by atoms with Crippen LogP contribution in [0, 0.1) is 6.92 Å². The van der Waals surface area contributed by atoms with Crippen molar-refractivity contribution in [2.75, 3.05) is 7.05 Å². The zero-order valence-electron chi connectivity index (χ0n) is 16.1. The van der Waals surface area contributed by atoms with E-state index in [2.05, 4.69) is 10.3 Å². The summed E-state index contributed by atoms with van der Waals surface area (Å²) in [5.41, 5.74) is 3.97. The number of amides is 2. The Morgan fingerprint density at radius 3 is 2.39 bits per heavy atom. The zero-order chi connectivity index (χ0) is 19.9. The van der Waals surface area contributed by atoms with Gasteiger partial charge in [-0.1, -0.05) is 54.6 Å². The van der Waals surface area contributed by atoms with Crippen LogP contribution in [0.5, 0.6) is 0 Å². The summed E-state index contributed by atoms with van der Waals surface area (Å²) in [5, 5.41) is 2.89. The fraction of sp³-hybridized carbons (Fsp3) is 0.174. The van der Waals surface area contributed by atoms with Crippen molar-refractivity contribution in [2.45, 2.75) is 20.0 Å². The van der Waals surface area contributed by atoms with Crippen LogP contribution in [0.4, 0.5) is 0 Å². The average molecular weight is 373 g/mol. The third-order valence-corrected chi connectivity index (χ3v) is 4.56. The highest BCUT2D eigenvalue weighted by Gasteiger charge is 2.15. The van der Waals surface area contributed by atoms with Crippen LogP contribution in [-0.2, 0) is 13.1 Å². The van der Waals surface area contributed by atoms with E-state index >= 15 is 0 Å². The maximum atomic E-state index is 12.7. The molecule has 0 aliphatic heterocycles. The van der Waals surface area contributed by atoms with Crippen molar-refractivity contribution in [2.24, 2.45) is 0 Å². The number of pyridine rings is 1. The normalized spacial score (nSPS) is 10.4. The Bertz CT molecular complexity index is 970. The maximum absolute atomic E-state index is 12.7. The van der Waals surface area contributed by atoms with Gasteiger partial charge in [-0.3, -0.25) is 14.6 Å². The molecule has 0 spiro atoms. The summed E-state index contributed by atoms with van der Waals surface area (Å²) in [6.45, 7) is 2.92. The number of benzene rings is 2. The van der Waals surface area contributed by atoms with Gasteiger partial charge in [0.15, 0.2) is 0 Å². The Labute approximate surface area is 165 Å². The number of aryl methyl sites for hydroxylation is 1. The van der Waals surface area contributed by atoms with E-state index in [9.17, 15) is 9.59 Å². The third-order valence-electron chi connectivity index (χ3n) is 4.56. The molecule has 0 unspecified atom stereocenters. The number of rotatable bonds is 6. The second-order valence-corrected chi connectivity index (χ2v) is 6.72. The molecule has 3 rings (SSSR count). The Hall–Kier alpha value is -3.47. The van der Waals surface area contributed by atoms with Crippen molar-refractivity contribution in [3.8, 4) is 0 Å².